The Bertz CT molecular complexity index is 345. The van der Waals surface area contributed by atoms with E-state index in [4.69, 9.17) is 11.0 Å². The van der Waals surface area contributed by atoms with Crippen molar-refractivity contribution in [2.24, 2.45) is 0 Å². The SMILES string of the molecule is CSc1nc(N)cc(N(C)C#N)n1. The maximum atomic E-state index is 8.61. The van der Waals surface area contributed by atoms with Crippen LogP contribution in [0, 0.1) is 11.5 Å². The van der Waals surface area contributed by atoms with Crippen LogP contribution < -0.4 is 10.6 Å². The van der Waals surface area contributed by atoms with Gasteiger partial charge in [-0.2, -0.15) is 5.26 Å². The van der Waals surface area contributed by atoms with Gasteiger partial charge in [0.25, 0.3) is 0 Å². The molecular formula is C7H9N5S. The standard InChI is InChI=1S/C7H9N5S/c1-12(4-8)6-3-5(9)10-7(11-6)13-2/h3H,1-2H3,(H2,9,10,11). The molecule has 0 spiro atoms. The van der Waals surface area contributed by atoms with E-state index >= 15 is 0 Å². The number of nitrogen functional groups attached to an aromatic ring is 1. The summed E-state index contributed by atoms with van der Waals surface area (Å²) in [4.78, 5) is 9.39. The predicted molar refractivity (Wildman–Crippen MR) is 52.2 cm³/mol. The van der Waals surface area contributed by atoms with Crippen LogP contribution in [-0.2, 0) is 0 Å². The first kappa shape index (κ1) is 9.61. The lowest BCUT2D eigenvalue weighted by Crippen LogP contribution is -2.11. The van der Waals surface area contributed by atoms with E-state index in [1.807, 2.05) is 12.4 Å². The first-order chi connectivity index (χ1) is 6.17. The van der Waals surface area contributed by atoms with Crippen LogP contribution in [0.3, 0.4) is 0 Å². The predicted octanol–water partition coefficient (Wildman–Crippen LogP) is 0.698. The van der Waals surface area contributed by atoms with E-state index in [2.05, 4.69) is 9.97 Å². The minimum absolute atomic E-state index is 0.372. The monoisotopic (exact) mass is 195 g/mol. The average molecular weight is 195 g/mol. The van der Waals surface area contributed by atoms with Crippen LogP contribution in [-0.4, -0.2) is 23.3 Å². The van der Waals surface area contributed by atoms with E-state index in [9.17, 15) is 0 Å². The van der Waals surface area contributed by atoms with Crippen molar-refractivity contribution in [2.75, 3.05) is 23.9 Å². The molecule has 0 atom stereocenters. The van der Waals surface area contributed by atoms with Gasteiger partial charge in [-0.3, -0.25) is 4.90 Å². The second-order valence-corrected chi connectivity index (χ2v) is 3.07. The third kappa shape index (κ3) is 2.23. The normalized spacial score (nSPS) is 9.31. The van der Waals surface area contributed by atoms with Crippen LogP contribution in [0.25, 0.3) is 0 Å². The van der Waals surface area contributed by atoms with Gasteiger partial charge in [0.2, 0.25) is 0 Å². The van der Waals surface area contributed by atoms with Gasteiger partial charge in [0, 0.05) is 13.1 Å². The Kier molecular flexibility index (Phi) is 2.93. The van der Waals surface area contributed by atoms with Crippen LogP contribution in [0.4, 0.5) is 11.6 Å². The highest BCUT2D eigenvalue weighted by molar-refractivity contribution is 7.98. The molecular weight excluding hydrogens is 186 g/mol. The highest BCUT2D eigenvalue weighted by atomic mass is 32.2. The molecule has 1 heterocycles. The minimum Gasteiger partial charge on any atom is -0.383 e. The second-order valence-electron chi connectivity index (χ2n) is 2.30. The molecule has 1 aromatic heterocycles. The molecule has 0 aromatic carbocycles. The number of nitriles is 1. The van der Waals surface area contributed by atoms with Gasteiger partial charge in [0.1, 0.15) is 11.6 Å². The summed E-state index contributed by atoms with van der Waals surface area (Å²) in [5.41, 5.74) is 5.53. The maximum Gasteiger partial charge on any atom is 0.191 e. The van der Waals surface area contributed by atoms with E-state index in [0.717, 1.165) is 0 Å². The largest absolute Gasteiger partial charge is 0.383 e. The van der Waals surface area contributed by atoms with Crippen LogP contribution in [0.15, 0.2) is 11.2 Å². The number of hydrogen-bond acceptors (Lipinski definition) is 6. The summed E-state index contributed by atoms with van der Waals surface area (Å²) in [5.74, 6) is 0.885. The first-order valence-corrected chi connectivity index (χ1v) is 4.72. The molecule has 68 valence electrons. The second kappa shape index (κ2) is 3.96. The molecule has 5 nitrogen and oxygen atoms in total. The summed E-state index contributed by atoms with van der Waals surface area (Å²) in [6.07, 6.45) is 3.79. The van der Waals surface area contributed by atoms with Crippen LogP contribution in [0.1, 0.15) is 0 Å². The topological polar surface area (TPSA) is 78.8 Å². The minimum atomic E-state index is 0.372. The Morgan fingerprint density at radius 1 is 1.62 bits per heavy atom. The van der Waals surface area contributed by atoms with Crippen molar-refractivity contribution in [3.63, 3.8) is 0 Å². The summed E-state index contributed by atoms with van der Waals surface area (Å²) in [6.45, 7) is 0. The smallest absolute Gasteiger partial charge is 0.191 e. The fraction of sp³-hybridized carbons (Fsp3) is 0.286. The molecule has 6 heteroatoms. The lowest BCUT2D eigenvalue weighted by molar-refractivity contribution is 0.954. The Hall–Kier alpha value is -1.48. The molecule has 0 amide bonds. The van der Waals surface area contributed by atoms with Crippen LogP contribution >= 0.6 is 11.8 Å². The van der Waals surface area contributed by atoms with Gasteiger partial charge in [-0.05, 0) is 6.26 Å². The van der Waals surface area contributed by atoms with E-state index < -0.39 is 0 Å². The zero-order chi connectivity index (χ0) is 9.84. The maximum absolute atomic E-state index is 8.61. The molecule has 0 fully saturated rings. The van der Waals surface area contributed by atoms with Gasteiger partial charge < -0.3 is 5.73 Å². The molecule has 1 aromatic rings. The first-order valence-electron chi connectivity index (χ1n) is 3.49. The Balaban J connectivity index is 3.10. The number of hydrogen-bond donors (Lipinski definition) is 1. The van der Waals surface area contributed by atoms with E-state index in [-0.39, 0.29) is 0 Å². The molecule has 0 bridgehead atoms. The van der Waals surface area contributed by atoms with Gasteiger partial charge in [0.15, 0.2) is 11.3 Å². The van der Waals surface area contributed by atoms with Crippen LogP contribution in [0.5, 0.6) is 0 Å². The highest BCUT2D eigenvalue weighted by Crippen LogP contribution is 2.16. The van der Waals surface area contributed by atoms with E-state index in [1.165, 1.54) is 16.7 Å². The third-order valence-corrected chi connectivity index (χ3v) is 1.94. The Morgan fingerprint density at radius 2 is 2.31 bits per heavy atom. The number of thioether (sulfide) groups is 1. The molecule has 13 heavy (non-hydrogen) atoms. The van der Waals surface area contributed by atoms with Crippen molar-refractivity contribution in [3.05, 3.63) is 6.07 Å². The lowest BCUT2D eigenvalue weighted by Gasteiger charge is -2.08. The average Bonchev–Trinajstić information content (AvgIpc) is 2.15. The molecule has 0 unspecified atom stereocenters. The Morgan fingerprint density at radius 3 is 2.85 bits per heavy atom. The van der Waals surface area contributed by atoms with Crippen LogP contribution in [0.2, 0.25) is 0 Å². The van der Waals surface area contributed by atoms with Crippen molar-refractivity contribution in [1.29, 1.82) is 5.26 Å². The van der Waals surface area contributed by atoms with Crippen molar-refractivity contribution < 1.29 is 0 Å². The molecule has 0 saturated heterocycles. The lowest BCUT2D eigenvalue weighted by atomic mass is 10.5. The molecule has 2 N–H and O–H groups in total. The molecule has 0 aliphatic carbocycles. The van der Waals surface area contributed by atoms with Crippen molar-refractivity contribution in [2.45, 2.75) is 5.16 Å². The van der Waals surface area contributed by atoms with Crippen molar-refractivity contribution >= 4 is 23.4 Å². The number of nitrogens with zero attached hydrogens (tertiary/aromatic N) is 4. The quantitative estimate of drug-likeness (QED) is 0.324. The number of anilines is 2. The molecule has 0 aliphatic rings. The number of nitrogens with two attached hydrogens (primary N) is 1. The fourth-order valence-corrected chi connectivity index (χ4v) is 1.13. The summed E-state index contributed by atoms with van der Waals surface area (Å²) in [6, 6.07) is 1.56. The fourth-order valence-electron chi connectivity index (χ4n) is 0.745. The molecule has 0 saturated carbocycles. The van der Waals surface area contributed by atoms with Gasteiger partial charge in [-0.25, -0.2) is 9.97 Å². The van der Waals surface area contributed by atoms with Crippen molar-refractivity contribution in [1.82, 2.24) is 9.97 Å². The zero-order valence-electron chi connectivity index (χ0n) is 7.35. The van der Waals surface area contributed by atoms with Gasteiger partial charge in [0.05, 0.1) is 0 Å². The Labute approximate surface area is 80.6 Å². The van der Waals surface area contributed by atoms with Crippen molar-refractivity contribution in [3.8, 4) is 6.19 Å². The molecule has 1 rings (SSSR count). The summed E-state index contributed by atoms with van der Waals surface area (Å²) in [5, 5.41) is 9.18. The van der Waals surface area contributed by atoms with E-state index in [1.54, 1.807) is 13.1 Å². The summed E-state index contributed by atoms with van der Waals surface area (Å²) in [7, 11) is 1.62. The molecule has 0 radical (unpaired) electrons. The summed E-state index contributed by atoms with van der Waals surface area (Å²) >= 11 is 1.39. The van der Waals surface area contributed by atoms with Gasteiger partial charge in [-0.1, -0.05) is 11.8 Å². The van der Waals surface area contributed by atoms with Gasteiger partial charge >= 0.3 is 0 Å². The zero-order valence-corrected chi connectivity index (χ0v) is 8.17. The summed E-state index contributed by atoms with van der Waals surface area (Å²) < 4.78 is 0. The third-order valence-electron chi connectivity index (χ3n) is 1.39. The number of rotatable bonds is 2. The van der Waals surface area contributed by atoms with E-state index in [0.29, 0.717) is 16.8 Å². The molecule has 0 aliphatic heterocycles. The number of aromatic nitrogens is 2. The van der Waals surface area contributed by atoms with Gasteiger partial charge in [-0.15, -0.1) is 0 Å². The highest BCUT2D eigenvalue weighted by Gasteiger charge is 2.04.